The molecule has 1 aliphatic heterocycles. The van der Waals surface area contributed by atoms with Crippen LogP contribution in [-0.4, -0.2) is 12.5 Å². The summed E-state index contributed by atoms with van der Waals surface area (Å²) in [7, 11) is 0. The van der Waals surface area contributed by atoms with E-state index in [1.165, 1.54) is 5.57 Å². The van der Waals surface area contributed by atoms with Gasteiger partial charge in [-0.2, -0.15) is 0 Å². The Balaban J connectivity index is 2.40. The number of hydrogen-bond donors (Lipinski definition) is 1. The first-order valence-corrected chi connectivity index (χ1v) is 3.62. The Kier molecular flexibility index (Phi) is 2.10. The van der Waals surface area contributed by atoms with Crippen LogP contribution in [0.25, 0.3) is 0 Å². The van der Waals surface area contributed by atoms with Gasteiger partial charge >= 0.3 is 0 Å². The minimum Gasteiger partial charge on any atom is -0.356 e. The first kappa shape index (κ1) is 7.32. The molecule has 0 unspecified atom stereocenters. The molecular formula is C8H13NO. The minimum absolute atomic E-state index is 0.178. The second kappa shape index (κ2) is 2.86. The van der Waals surface area contributed by atoms with Crippen molar-refractivity contribution in [3.05, 3.63) is 12.2 Å². The molecule has 2 nitrogen and oxygen atoms in total. The molecule has 0 bridgehead atoms. The van der Waals surface area contributed by atoms with Crippen LogP contribution in [0.15, 0.2) is 12.2 Å². The molecule has 0 saturated carbocycles. The predicted molar refractivity (Wildman–Crippen MR) is 40.5 cm³/mol. The van der Waals surface area contributed by atoms with Crippen LogP contribution in [0.5, 0.6) is 0 Å². The largest absolute Gasteiger partial charge is 0.356 e. The Morgan fingerprint density at radius 2 is 2.50 bits per heavy atom. The fraction of sp³-hybridized carbons (Fsp3) is 0.625. The number of rotatable bonds is 1. The van der Waals surface area contributed by atoms with Crippen LogP contribution in [0.2, 0.25) is 0 Å². The van der Waals surface area contributed by atoms with Gasteiger partial charge in [0.2, 0.25) is 5.91 Å². The summed E-state index contributed by atoms with van der Waals surface area (Å²) in [5, 5.41) is 2.81. The highest BCUT2D eigenvalue weighted by Crippen LogP contribution is 2.17. The second-order valence-electron chi connectivity index (χ2n) is 2.89. The molecule has 1 aliphatic rings. The first-order valence-electron chi connectivity index (χ1n) is 3.62. The summed E-state index contributed by atoms with van der Waals surface area (Å²) in [5.74, 6) is 0.690. The van der Waals surface area contributed by atoms with Crippen LogP contribution in [0.4, 0.5) is 0 Å². The smallest absolute Gasteiger partial charge is 0.220 e. The van der Waals surface area contributed by atoms with Gasteiger partial charge in [-0.3, -0.25) is 4.79 Å². The van der Waals surface area contributed by atoms with Crippen molar-refractivity contribution in [1.29, 1.82) is 0 Å². The van der Waals surface area contributed by atoms with Crippen LogP contribution >= 0.6 is 0 Å². The van der Waals surface area contributed by atoms with Gasteiger partial charge in [0.1, 0.15) is 0 Å². The van der Waals surface area contributed by atoms with Crippen molar-refractivity contribution >= 4 is 5.91 Å². The Bertz CT molecular complexity index is 153. The van der Waals surface area contributed by atoms with E-state index in [0.717, 1.165) is 13.0 Å². The van der Waals surface area contributed by atoms with Crippen molar-refractivity contribution in [2.45, 2.75) is 19.8 Å². The minimum atomic E-state index is 0.178. The topological polar surface area (TPSA) is 29.1 Å². The van der Waals surface area contributed by atoms with Crippen molar-refractivity contribution < 1.29 is 4.79 Å². The van der Waals surface area contributed by atoms with E-state index in [2.05, 4.69) is 11.9 Å². The first-order chi connectivity index (χ1) is 4.70. The summed E-state index contributed by atoms with van der Waals surface area (Å²) < 4.78 is 0. The van der Waals surface area contributed by atoms with Crippen LogP contribution in [-0.2, 0) is 4.79 Å². The number of carbonyl (C=O) groups is 1. The zero-order valence-corrected chi connectivity index (χ0v) is 6.31. The van der Waals surface area contributed by atoms with E-state index in [1.54, 1.807) is 0 Å². The molecular weight excluding hydrogens is 126 g/mol. The van der Waals surface area contributed by atoms with Crippen LogP contribution in [0, 0.1) is 5.92 Å². The zero-order valence-electron chi connectivity index (χ0n) is 6.31. The van der Waals surface area contributed by atoms with Gasteiger partial charge in [0, 0.05) is 13.0 Å². The molecule has 1 heterocycles. The predicted octanol–water partition coefficient (Wildman–Crippen LogP) is 1.09. The second-order valence-corrected chi connectivity index (χ2v) is 2.89. The lowest BCUT2D eigenvalue weighted by molar-refractivity contribution is -0.122. The number of piperidine rings is 1. The standard InChI is InChI=1S/C8H13NO/c1-6(2)7-3-4-8(10)9-5-7/h7H,1,3-5H2,2H3,(H,9,10)/t7-/m0/s1. The molecule has 10 heavy (non-hydrogen) atoms. The molecule has 1 amide bonds. The molecule has 1 rings (SSSR count). The van der Waals surface area contributed by atoms with E-state index in [0.29, 0.717) is 12.3 Å². The number of carbonyl (C=O) groups excluding carboxylic acids is 1. The molecule has 56 valence electrons. The summed E-state index contributed by atoms with van der Waals surface area (Å²) >= 11 is 0. The number of hydrogen-bond acceptors (Lipinski definition) is 1. The third-order valence-corrected chi connectivity index (χ3v) is 1.96. The van der Waals surface area contributed by atoms with Crippen LogP contribution in [0.3, 0.4) is 0 Å². The SMILES string of the molecule is C=C(C)[C@H]1CCC(=O)NC1. The molecule has 1 fully saturated rings. The molecule has 0 aromatic heterocycles. The highest BCUT2D eigenvalue weighted by atomic mass is 16.1. The molecule has 0 aromatic rings. The molecule has 1 N–H and O–H groups in total. The van der Waals surface area contributed by atoms with Crippen molar-refractivity contribution in [1.82, 2.24) is 5.32 Å². The van der Waals surface area contributed by atoms with Crippen molar-refractivity contribution in [2.24, 2.45) is 5.92 Å². The molecule has 0 aromatic carbocycles. The maximum absolute atomic E-state index is 10.7. The Morgan fingerprint density at radius 3 is 2.90 bits per heavy atom. The van der Waals surface area contributed by atoms with Gasteiger partial charge in [-0.15, -0.1) is 0 Å². The van der Waals surface area contributed by atoms with E-state index in [9.17, 15) is 4.79 Å². The van der Waals surface area contributed by atoms with E-state index in [1.807, 2.05) is 6.92 Å². The van der Waals surface area contributed by atoms with Gasteiger partial charge in [-0.05, 0) is 19.3 Å². The average Bonchev–Trinajstić information content (AvgIpc) is 1.88. The molecule has 1 atom stereocenters. The quantitative estimate of drug-likeness (QED) is 0.541. The van der Waals surface area contributed by atoms with E-state index in [4.69, 9.17) is 0 Å². The van der Waals surface area contributed by atoms with Gasteiger partial charge in [-0.25, -0.2) is 0 Å². The highest BCUT2D eigenvalue weighted by molar-refractivity contribution is 5.76. The normalized spacial score (nSPS) is 25.7. The van der Waals surface area contributed by atoms with Crippen molar-refractivity contribution in [3.8, 4) is 0 Å². The van der Waals surface area contributed by atoms with Gasteiger partial charge in [0.05, 0.1) is 0 Å². The Labute approximate surface area is 61.3 Å². The maximum Gasteiger partial charge on any atom is 0.220 e. The molecule has 1 saturated heterocycles. The lowest BCUT2D eigenvalue weighted by Crippen LogP contribution is -2.35. The molecule has 2 heteroatoms. The average molecular weight is 139 g/mol. The van der Waals surface area contributed by atoms with Gasteiger partial charge in [0.25, 0.3) is 0 Å². The Morgan fingerprint density at radius 1 is 1.80 bits per heavy atom. The van der Waals surface area contributed by atoms with Crippen LogP contribution < -0.4 is 5.32 Å². The van der Waals surface area contributed by atoms with Gasteiger partial charge in [-0.1, -0.05) is 12.2 Å². The number of nitrogens with one attached hydrogen (secondary N) is 1. The van der Waals surface area contributed by atoms with E-state index in [-0.39, 0.29) is 5.91 Å². The van der Waals surface area contributed by atoms with Gasteiger partial charge < -0.3 is 5.32 Å². The summed E-state index contributed by atoms with van der Waals surface area (Å²) in [6.07, 6.45) is 1.64. The molecule has 0 spiro atoms. The fourth-order valence-electron chi connectivity index (χ4n) is 1.15. The monoisotopic (exact) mass is 139 g/mol. The van der Waals surface area contributed by atoms with Crippen molar-refractivity contribution in [2.75, 3.05) is 6.54 Å². The maximum atomic E-state index is 10.7. The summed E-state index contributed by atoms with van der Waals surface area (Å²) in [4.78, 5) is 10.7. The third-order valence-electron chi connectivity index (χ3n) is 1.96. The van der Waals surface area contributed by atoms with Crippen LogP contribution in [0.1, 0.15) is 19.8 Å². The highest BCUT2D eigenvalue weighted by Gasteiger charge is 2.17. The summed E-state index contributed by atoms with van der Waals surface area (Å²) in [6.45, 7) is 6.65. The van der Waals surface area contributed by atoms with Crippen molar-refractivity contribution in [3.63, 3.8) is 0 Å². The molecule has 0 radical (unpaired) electrons. The lowest BCUT2D eigenvalue weighted by atomic mass is 9.93. The zero-order chi connectivity index (χ0) is 7.56. The third kappa shape index (κ3) is 1.59. The molecule has 0 aliphatic carbocycles. The summed E-state index contributed by atoms with van der Waals surface area (Å²) in [6, 6.07) is 0. The summed E-state index contributed by atoms with van der Waals surface area (Å²) in [5.41, 5.74) is 1.18. The van der Waals surface area contributed by atoms with E-state index >= 15 is 0 Å². The van der Waals surface area contributed by atoms with E-state index < -0.39 is 0 Å². The number of amides is 1. The Hall–Kier alpha value is -0.790. The fourth-order valence-corrected chi connectivity index (χ4v) is 1.15. The van der Waals surface area contributed by atoms with Gasteiger partial charge in [0.15, 0.2) is 0 Å². The lowest BCUT2D eigenvalue weighted by Gasteiger charge is -2.22.